The standard InChI is InChI=1S/C26H44O8/c1-2-3-4-5-6-7-8-9-10-11-12-13-14-15-16-17-24(29)34-21(18-19-23(27)28)20-22(25(30)31)26(32)33/h9-10,21-22H,2-8,11-20H2,1H3,(H,27,28)(H,30,31)(H,32,33)/b10-9-. The molecule has 0 bridgehead atoms. The average Bonchev–Trinajstić information content (AvgIpc) is 2.77. The van der Waals surface area contributed by atoms with Crippen LogP contribution in [-0.2, 0) is 23.9 Å². The van der Waals surface area contributed by atoms with Crippen molar-refractivity contribution in [2.75, 3.05) is 0 Å². The van der Waals surface area contributed by atoms with Crippen LogP contribution in [0.1, 0.15) is 116 Å². The summed E-state index contributed by atoms with van der Waals surface area (Å²) < 4.78 is 5.21. The molecule has 8 nitrogen and oxygen atoms in total. The van der Waals surface area contributed by atoms with Gasteiger partial charge in [0.15, 0.2) is 5.92 Å². The molecule has 0 saturated carbocycles. The molecule has 0 aromatic rings. The second kappa shape index (κ2) is 21.2. The van der Waals surface area contributed by atoms with Crippen molar-refractivity contribution in [2.45, 2.75) is 122 Å². The van der Waals surface area contributed by atoms with Gasteiger partial charge < -0.3 is 20.1 Å². The van der Waals surface area contributed by atoms with Gasteiger partial charge in [-0.1, -0.05) is 70.4 Å². The highest BCUT2D eigenvalue weighted by Crippen LogP contribution is 2.17. The fourth-order valence-electron chi connectivity index (χ4n) is 3.66. The van der Waals surface area contributed by atoms with Crippen LogP contribution in [0.15, 0.2) is 12.2 Å². The Morgan fingerprint density at radius 1 is 0.706 bits per heavy atom. The van der Waals surface area contributed by atoms with Gasteiger partial charge in [-0.25, -0.2) is 0 Å². The van der Waals surface area contributed by atoms with E-state index in [2.05, 4.69) is 19.1 Å². The number of rotatable bonds is 23. The van der Waals surface area contributed by atoms with Crippen LogP contribution >= 0.6 is 0 Å². The number of carbonyl (C=O) groups excluding carboxylic acids is 1. The van der Waals surface area contributed by atoms with Gasteiger partial charge in [-0.05, 0) is 38.5 Å². The van der Waals surface area contributed by atoms with Crippen molar-refractivity contribution in [1.29, 1.82) is 0 Å². The lowest BCUT2D eigenvalue weighted by molar-refractivity contribution is -0.161. The van der Waals surface area contributed by atoms with E-state index in [9.17, 15) is 19.2 Å². The summed E-state index contributed by atoms with van der Waals surface area (Å²) in [5.41, 5.74) is 0. The first-order valence-electron chi connectivity index (χ1n) is 12.8. The third kappa shape index (κ3) is 19.1. The zero-order valence-electron chi connectivity index (χ0n) is 20.7. The molecule has 0 amide bonds. The number of carboxylic acids is 3. The van der Waals surface area contributed by atoms with Crippen LogP contribution in [0.5, 0.6) is 0 Å². The highest BCUT2D eigenvalue weighted by Gasteiger charge is 2.31. The van der Waals surface area contributed by atoms with Gasteiger partial charge in [0.05, 0.1) is 0 Å². The molecule has 196 valence electrons. The van der Waals surface area contributed by atoms with Gasteiger partial charge in [-0.2, -0.15) is 0 Å². The van der Waals surface area contributed by atoms with Gasteiger partial charge in [0.25, 0.3) is 0 Å². The SMILES string of the molecule is CCCCCCCC/C=C\CCCCCCCC(=O)OC(CCC(=O)O)CC(C(=O)O)C(=O)O. The van der Waals surface area contributed by atoms with Crippen molar-refractivity contribution in [3.05, 3.63) is 12.2 Å². The number of unbranched alkanes of at least 4 members (excludes halogenated alkanes) is 11. The van der Waals surface area contributed by atoms with Gasteiger partial charge in [-0.15, -0.1) is 0 Å². The monoisotopic (exact) mass is 484 g/mol. The Morgan fingerprint density at radius 2 is 1.21 bits per heavy atom. The highest BCUT2D eigenvalue weighted by atomic mass is 16.5. The maximum atomic E-state index is 12.1. The average molecular weight is 485 g/mol. The molecule has 0 aromatic heterocycles. The minimum Gasteiger partial charge on any atom is -0.481 e. The Bertz CT molecular complexity index is 600. The third-order valence-electron chi connectivity index (χ3n) is 5.72. The molecular formula is C26H44O8. The van der Waals surface area contributed by atoms with Gasteiger partial charge in [0.1, 0.15) is 6.10 Å². The molecular weight excluding hydrogens is 440 g/mol. The number of esters is 1. The van der Waals surface area contributed by atoms with E-state index in [-0.39, 0.29) is 19.3 Å². The molecule has 0 saturated heterocycles. The van der Waals surface area contributed by atoms with Gasteiger partial charge in [-0.3, -0.25) is 19.2 Å². The second-order valence-corrected chi connectivity index (χ2v) is 8.84. The van der Waals surface area contributed by atoms with Crippen molar-refractivity contribution < 1.29 is 39.2 Å². The summed E-state index contributed by atoms with van der Waals surface area (Å²) in [5.74, 6) is -6.50. The molecule has 0 fully saturated rings. The van der Waals surface area contributed by atoms with E-state index in [1.165, 1.54) is 38.5 Å². The van der Waals surface area contributed by atoms with Crippen LogP contribution in [0.3, 0.4) is 0 Å². The number of carbonyl (C=O) groups is 4. The van der Waals surface area contributed by atoms with Crippen molar-refractivity contribution in [1.82, 2.24) is 0 Å². The van der Waals surface area contributed by atoms with E-state index in [0.717, 1.165) is 38.5 Å². The first-order chi connectivity index (χ1) is 16.3. The predicted molar refractivity (Wildman–Crippen MR) is 130 cm³/mol. The normalized spacial score (nSPS) is 12.2. The van der Waals surface area contributed by atoms with Crippen molar-refractivity contribution in [3.8, 4) is 0 Å². The summed E-state index contributed by atoms with van der Waals surface area (Å²) in [4.78, 5) is 45.0. The molecule has 0 radical (unpaired) electrons. The smallest absolute Gasteiger partial charge is 0.318 e. The van der Waals surface area contributed by atoms with Crippen LogP contribution in [0.4, 0.5) is 0 Å². The van der Waals surface area contributed by atoms with Crippen molar-refractivity contribution in [3.63, 3.8) is 0 Å². The molecule has 3 N–H and O–H groups in total. The van der Waals surface area contributed by atoms with Gasteiger partial charge in [0, 0.05) is 19.3 Å². The van der Waals surface area contributed by atoms with Crippen LogP contribution in [-0.4, -0.2) is 45.3 Å². The van der Waals surface area contributed by atoms with E-state index < -0.39 is 42.3 Å². The van der Waals surface area contributed by atoms with E-state index in [0.29, 0.717) is 6.42 Å². The van der Waals surface area contributed by atoms with Gasteiger partial charge >= 0.3 is 23.9 Å². The summed E-state index contributed by atoms with van der Waals surface area (Å²) in [6, 6.07) is 0. The third-order valence-corrected chi connectivity index (χ3v) is 5.72. The molecule has 0 aliphatic carbocycles. The maximum absolute atomic E-state index is 12.1. The molecule has 1 atom stereocenters. The number of hydrogen-bond acceptors (Lipinski definition) is 5. The minimum atomic E-state index is -1.74. The van der Waals surface area contributed by atoms with Crippen molar-refractivity contribution >= 4 is 23.9 Å². The minimum absolute atomic E-state index is 0.121. The summed E-state index contributed by atoms with van der Waals surface area (Å²) in [5, 5.41) is 26.9. The van der Waals surface area contributed by atoms with Crippen LogP contribution in [0.2, 0.25) is 0 Å². The Hall–Kier alpha value is -2.38. The molecule has 0 heterocycles. The number of aliphatic carboxylic acids is 3. The van der Waals surface area contributed by atoms with E-state index in [4.69, 9.17) is 20.1 Å². The summed E-state index contributed by atoms with van der Waals surface area (Å²) in [7, 11) is 0. The number of carboxylic acid groups (broad SMARTS) is 3. The zero-order valence-corrected chi connectivity index (χ0v) is 20.7. The molecule has 0 aliphatic rings. The fraction of sp³-hybridized carbons (Fsp3) is 0.769. The second-order valence-electron chi connectivity index (χ2n) is 8.84. The lowest BCUT2D eigenvalue weighted by Crippen LogP contribution is -2.30. The zero-order chi connectivity index (χ0) is 25.6. The summed E-state index contributed by atoms with van der Waals surface area (Å²) >= 11 is 0. The fourth-order valence-corrected chi connectivity index (χ4v) is 3.66. The lowest BCUT2D eigenvalue weighted by Gasteiger charge is -2.19. The number of ether oxygens (including phenoxy) is 1. The number of hydrogen-bond donors (Lipinski definition) is 3. The molecule has 0 rings (SSSR count). The Balaban J connectivity index is 3.97. The lowest BCUT2D eigenvalue weighted by atomic mass is 9.98. The van der Waals surface area contributed by atoms with Crippen LogP contribution in [0.25, 0.3) is 0 Å². The molecule has 34 heavy (non-hydrogen) atoms. The topological polar surface area (TPSA) is 138 Å². The predicted octanol–water partition coefficient (Wildman–Crippen LogP) is 5.98. The first kappa shape index (κ1) is 31.6. The molecule has 1 unspecified atom stereocenters. The van der Waals surface area contributed by atoms with Crippen LogP contribution < -0.4 is 0 Å². The number of allylic oxidation sites excluding steroid dienone is 2. The molecule has 0 spiro atoms. The summed E-state index contributed by atoms with van der Waals surface area (Å²) in [6.45, 7) is 2.23. The Labute approximate surface area is 203 Å². The first-order valence-corrected chi connectivity index (χ1v) is 12.8. The molecule has 0 aliphatic heterocycles. The van der Waals surface area contributed by atoms with E-state index in [1.807, 2.05) is 0 Å². The van der Waals surface area contributed by atoms with E-state index >= 15 is 0 Å². The molecule has 8 heteroatoms. The Kier molecular flexibility index (Phi) is 19.7. The largest absolute Gasteiger partial charge is 0.481 e. The quantitative estimate of drug-likeness (QED) is 0.0697. The van der Waals surface area contributed by atoms with E-state index in [1.54, 1.807) is 0 Å². The molecule has 0 aromatic carbocycles. The Morgan fingerprint density at radius 3 is 1.71 bits per heavy atom. The highest BCUT2D eigenvalue weighted by molar-refractivity contribution is 5.92. The van der Waals surface area contributed by atoms with Crippen molar-refractivity contribution in [2.24, 2.45) is 5.92 Å². The van der Waals surface area contributed by atoms with Crippen LogP contribution in [0, 0.1) is 5.92 Å². The summed E-state index contributed by atoms with van der Waals surface area (Å²) in [6.07, 6.45) is 17.5. The van der Waals surface area contributed by atoms with Gasteiger partial charge in [0.2, 0.25) is 0 Å². The maximum Gasteiger partial charge on any atom is 0.318 e.